The monoisotopic (exact) mass is 249 g/mol. The Morgan fingerprint density at radius 3 is 2.56 bits per heavy atom. The summed E-state index contributed by atoms with van der Waals surface area (Å²) in [6.07, 6.45) is 0.573. The van der Waals surface area contributed by atoms with E-state index in [2.05, 4.69) is 0 Å². The maximum Gasteiger partial charge on any atom is 0.329 e. The number of amides is 1. The van der Waals surface area contributed by atoms with Crippen LogP contribution in [0.2, 0.25) is 0 Å². The van der Waals surface area contributed by atoms with Crippen molar-refractivity contribution in [1.82, 2.24) is 5.06 Å². The number of hydrogen-bond acceptors (Lipinski definition) is 4. The number of phenols is 1. The Labute approximate surface area is 105 Å². The van der Waals surface area contributed by atoms with Crippen LogP contribution in [0.1, 0.15) is 25.8 Å². The molecule has 0 bridgehead atoms. The summed E-state index contributed by atoms with van der Waals surface area (Å²) in [6, 6.07) is 6.51. The van der Waals surface area contributed by atoms with E-state index in [9.17, 15) is 14.7 Å². The molecule has 0 radical (unpaired) electrons. The van der Waals surface area contributed by atoms with E-state index >= 15 is 0 Å². The molecule has 0 aliphatic carbocycles. The highest BCUT2D eigenvalue weighted by molar-refractivity contribution is 5.90. The van der Waals surface area contributed by atoms with Gasteiger partial charge >= 0.3 is 5.97 Å². The van der Waals surface area contributed by atoms with Gasteiger partial charge in [-0.25, -0.2) is 0 Å². The molecule has 1 N–H and O–H groups in total. The van der Waals surface area contributed by atoms with Crippen LogP contribution in [0.4, 0.5) is 0 Å². The SMILES string of the molecule is CC(=O)ON1CCC(C)(c2ccc(O)cc2)C1=O. The molecule has 1 heterocycles. The number of carbonyl (C=O) groups is 2. The Morgan fingerprint density at radius 1 is 1.39 bits per heavy atom. The van der Waals surface area contributed by atoms with E-state index in [1.807, 2.05) is 6.92 Å². The zero-order valence-electron chi connectivity index (χ0n) is 10.3. The molecule has 18 heavy (non-hydrogen) atoms. The summed E-state index contributed by atoms with van der Waals surface area (Å²) in [4.78, 5) is 28.0. The van der Waals surface area contributed by atoms with Crippen molar-refractivity contribution in [2.24, 2.45) is 0 Å². The molecule has 0 saturated carbocycles. The van der Waals surface area contributed by atoms with Crippen LogP contribution < -0.4 is 0 Å². The summed E-state index contributed by atoms with van der Waals surface area (Å²) in [5, 5.41) is 10.4. The average molecular weight is 249 g/mol. The van der Waals surface area contributed by atoms with Gasteiger partial charge < -0.3 is 9.94 Å². The number of nitrogens with zero attached hydrogens (tertiary/aromatic N) is 1. The van der Waals surface area contributed by atoms with Crippen molar-refractivity contribution in [2.75, 3.05) is 6.54 Å². The molecule has 1 saturated heterocycles. The second-order valence-corrected chi connectivity index (χ2v) is 4.62. The molecule has 1 fully saturated rings. The van der Waals surface area contributed by atoms with Crippen molar-refractivity contribution >= 4 is 11.9 Å². The Kier molecular flexibility index (Phi) is 2.98. The zero-order chi connectivity index (χ0) is 13.3. The van der Waals surface area contributed by atoms with E-state index in [0.717, 1.165) is 10.6 Å². The van der Waals surface area contributed by atoms with Crippen LogP contribution >= 0.6 is 0 Å². The highest BCUT2D eigenvalue weighted by atomic mass is 16.7. The van der Waals surface area contributed by atoms with Gasteiger partial charge in [0.2, 0.25) is 0 Å². The number of aromatic hydroxyl groups is 1. The van der Waals surface area contributed by atoms with Gasteiger partial charge in [0.25, 0.3) is 5.91 Å². The Balaban J connectivity index is 2.25. The van der Waals surface area contributed by atoms with Gasteiger partial charge in [-0.2, -0.15) is 5.06 Å². The fourth-order valence-electron chi connectivity index (χ4n) is 2.15. The van der Waals surface area contributed by atoms with Crippen LogP contribution in [0, 0.1) is 0 Å². The lowest BCUT2D eigenvalue weighted by molar-refractivity contribution is -0.192. The Bertz CT molecular complexity index is 482. The van der Waals surface area contributed by atoms with Crippen molar-refractivity contribution in [3.63, 3.8) is 0 Å². The summed E-state index contributed by atoms with van der Waals surface area (Å²) < 4.78 is 0. The van der Waals surface area contributed by atoms with Gasteiger partial charge in [-0.15, -0.1) is 0 Å². The van der Waals surface area contributed by atoms with E-state index in [-0.39, 0.29) is 11.7 Å². The number of benzene rings is 1. The molecule has 5 nitrogen and oxygen atoms in total. The largest absolute Gasteiger partial charge is 0.508 e. The first-order chi connectivity index (χ1) is 8.43. The molecule has 2 rings (SSSR count). The summed E-state index contributed by atoms with van der Waals surface area (Å²) >= 11 is 0. The molecule has 1 aliphatic rings. The number of carbonyl (C=O) groups excluding carboxylic acids is 2. The van der Waals surface area contributed by atoms with Gasteiger partial charge in [0.05, 0.1) is 12.0 Å². The predicted octanol–water partition coefficient (Wildman–Crippen LogP) is 1.36. The van der Waals surface area contributed by atoms with Crippen LogP contribution in [-0.4, -0.2) is 28.6 Å². The topological polar surface area (TPSA) is 66.8 Å². The lowest BCUT2D eigenvalue weighted by Gasteiger charge is -2.22. The van der Waals surface area contributed by atoms with Gasteiger partial charge in [-0.05, 0) is 31.0 Å². The van der Waals surface area contributed by atoms with Crippen molar-refractivity contribution in [1.29, 1.82) is 0 Å². The third-order valence-electron chi connectivity index (χ3n) is 3.26. The fourth-order valence-corrected chi connectivity index (χ4v) is 2.15. The molecule has 1 aromatic carbocycles. The van der Waals surface area contributed by atoms with Crippen molar-refractivity contribution in [3.8, 4) is 5.75 Å². The number of rotatable bonds is 2. The van der Waals surface area contributed by atoms with E-state index < -0.39 is 11.4 Å². The van der Waals surface area contributed by atoms with E-state index in [1.54, 1.807) is 24.3 Å². The smallest absolute Gasteiger partial charge is 0.329 e. The molecule has 1 aromatic rings. The van der Waals surface area contributed by atoms with Crippen molar-refractivity contribution < 1.29 is 19.5 Å². The Hall–Kier alpha value is -2.04. The van der Waals surface area contributed by atoms with Crippen LogP contribution in [0.25, 0.3) is 0 Å². The van der Waals surface area contributed by atoms with Crippen LogP contribution in [-0.2, 0) is 19.8 Å². The minimum absolute atomic E-state index is 0.157. The third-order valence-corrected chi connectivity index (χ3v) is 3.26. The first-order valence-electron chi connectivity index (χ1n) is 5.73. The van der Waals surface area contributed by atoms with Crippen molar-refractivity contribution in [2.45, 2.75) is 25.7 Å². The maximum atomic E-state index is 12.2. The molecule has 1 atom stereocenters. The standard InChI is InChI=1S/C13H15NO4/c1-9(15)18-14-8-7-13(2,12(14)17)10-3-5-11(16)6-4-10/h3-6,16H,7-8H2,1-2H3. The minimum Gasteiger partial charge on any atom is -0.508 e. The highest BCUT2D eigenvalue weighted by Crippen LogP contribution is 2.36. The predicted molar refractivity (Wildman–Crippen MR) is 63.6 cm³/mol. The summed E-state index contributed by atoms with van der Waals surface area (Å²) in [6.45, 7) is 3.46. The number of phenolic OH excluding ortho intramolecular Hbond substituents is 1. The zero-order valence-corrected chi connectivity index (χ0v) is 10.3. The second-order valence-electron chi connectivity index (χ2n) is 4.62. The van der Waals surface area contributed by atoms with Crippen LogP contribution in [0.3, 0.4) is 0 Å². The molecular weight excluding hydrogens is 234 g/mol. The second kappa shape index (κ2) is 4.33. The molecule has 1 unspecified atom stereocenters. The minimum atomic E-state index is -0.705. The molecule has 0 aromatic heterocycles. The normalized spacial score (nSPS) is 23.2. The number of hydroxylamine groups is 2. The third kappa shape index (κ3) is 2.03. The summed E-state index contributed by atoms with van der Waals surface area (Å²) in [5.41, 5.74) is 0.100. The molecule has 96 valence electrons. The Morgan fingerprint density at radius 2 is 2.00 bits per heavy atom. The van der Waals surface area contributed by atoms with Gasteiger partial charge in [-0.1, -0.05) is 12.1 Å². The van der Waals surface area contributed by atoms with Gasteiger partial charge in [-0.3, -0.25) is 9.59 Å². The average Bonchev–Trinajstić information content (AvgIpc) is 2.59. The van der Waals surface area contributed by atoms with E-state index in [1.165, 1.54) is 6.92 Å². The van der Waals surface area contributed by atoms with E-state index in [0.29, 0.717) is 13.0 Å². The van der Waals surface area contributed by atoms with Crippen molar-refractivity contribution in [3.05, 3.63) is 29.8 Å². The number of hydrogen-bond donors (Lipinski definition) is 1. The molecular formula is C13H15NO4. The molecule has 1 aliphatic heterocycles. The van der Waals surface area contributed by atoms with Gasteiger partial charge in [0, 0.05) is 6.92 Å². The summed E-state index contributed by atoms with van der Waals surface area (Å²) in [5.74, 6) is -0.577. The van der Waals surface area contributed by atoms with E-state index in [4.69, 9.17) is 4.84 Å². The van der Waals surface area contributed by atoms with Gasteiger partial charge in [0.1, 0.15) is 5.75 Å². The van der Waals surface area contributed by atoms with Crippen LogP contribution in [0.15, 0.2) is 24.3 Å². The quantitative estimate of drug-likeness (QED) is 0.859. The first-order valence-corrected chi connectivity index (χ1v) is 5.73. The molecule has 5 heteroatoms. The first kappa shape index (κ1) is 12.4. The lowest BCUT2D eigenvalue weighted by atomic mass is 9.81. The summed E-state index contributed by atoms with van der Waals surface area (Å²) in [7, 11) is 0. The fraction of sp³-hybridized carbons (Fsp3) is 0.385. The lowest BCUT2D eigenvalue weighted by Crippen LogP contribution is -2.36. The maximum absolute atomic E-state index is 12.2. The van der Waals surface area contributed by atoms with Gasteiger partial charge in [0.15, 0.2) is 0 Å². The molecule has 0 spiro atoms. The molecule has 1 amide bonds. The van der Waals surface area contributed by atoms with Crippen LogP contribution in [0.5, 0.6) is 5.75 Å². The highest BCUT2D eigenvalue weighted by Gasteiger charge is 2.45.